The van der Waals surface area contributed by atoms with Crippen LogP contribution in [0.5, 0.6) is 0 Å². The zero-order valence-electron chi connectivity index (χ0n) is 16.3. The van der Waals surface area contributed by atoms with Crippen molar-refractivity contribution in [3.63, 3.8) is 0 Å². The molecule has 0 aromatic heterocycles. The fourth-order valence-electron chi connectivity index (χ4n) is 3.45. The lowest BCUT2D eigenvalue weighted by atomic mass is 9.72. The van der Waals surface area contributed by atoms with E-state index in [-0.39, 0.29) is 5.82 Å². The maximum Gasteiger partial charge on any atom is 0.328 e. The van der Waals surface area contributed by atoms with Crippen molar-refractivity contribution in [2.24, 2.45) is 0 Å². The maximum absolute atomic E-state index is 14.2. The molecule has 2 aromatic rings. The van der Waals surface area contributed by atoms with Crippen molar-refractivity contribution in [1.82, 2.24) is 4.90 Å². The minimum Gasteiger partial charge on any atom is -0.478 e. The Bertz CT molecular complexity index is 917. The summed E-state index contributed by atoms with van der Waals surface area (Å²) in [7, 11) is 1.94. The van der Waals surface area contributed by atoms with Gasteiger partial charge in [-0.25, -0.2) is 18.4 Å². The van der Waals surface area contributed by atoms with Gasteiger partial charge in [-0.05, 0) is 42.8 Å². The van der Waals surface area contributed by atoms with Gasteiger partial charge < -0.3 is 20.2 Å². The van der Waals surface area contributed by atoms with E-state index >= 15 is 0 Å². The van der Waals surface area contributed by atoms with Gasteiger partial charge in [0.1, 0.15) is 11.6 Å². The van der Waals surface area contributed by atoms with E-state index in [1.54, 1.807) is 30.3 Å². The van der Waals surface area contributed by atoms with Gasteiger partial charge in [-0.2, -0.15) is 0 Å². The molecule has 0 spiro atoms. The maximum atomic E-state index is 14.2. The number of carboxylic acids is 2. The first-order valence-electron chi connectivity index (χ1n) is 9.19. The molecule has 0 saturated carbocycles. The smallest absolute Gasteiger partial charge is 0.328 e. The van der Waals surface area contributed by atoms with E-state index in [1.165, 1.54) is 18.2 Å². The van der Waals surface area contributed by atoms with Gasteiger partial charge >= 0.3 is 11.9 Å². The largest absolute Gasteiger partial charge is 0.478 e. The molecule has 1 aliphatic heterocycles. The lowest BCUT2D eigenvalue weighted by Crippen LogP contribution is -2.47. The number of likely N-dealkylation sites (tertiary alicyclic amines) is 1. The van der Waals surface area contributed by atoms with Crippen LogP contribution in [0.2, 0.25) is 0 Å². The minimum absolute atomic E-state index is 0.336. The Morgan fingerprint density at radius 1 is 1.07 bits per heavy atom. The number of piperidine rings is 1. The molecule has 1 fully saturated rings. The molecule has 0 radical (unpaired) electrons. The van der Waals surface area contributed by atoms with Crippen molar-refractivity contribution in [2.45, 2.75) is 17.9 Å². The molecule has 1 aliphatic rings. The topological polar surface area (TPSA) is 98.1 Å². The molecule has 2 unspecified atom stereocenters. The lowest BCUT2D eigenvalue weighted by molar-refractivity contribution is -0.134. The van der Waals surface area contributed by atoms with Crippen molar-refractivity contribution < 1.29 is 33.7 Å². The minimum atomic E-state index is -1.27. The highest BCUT2D eigenvalue weighted by molar-refractivity contribution is 5.89. The molecule has 0 amide bonds. The molecule has 160 valence electrons. The van der Waals surface area contributed by atoms with E-state index in [4.69, 9.17) is 10.2 Å². The monoisotopic (exact) mass is 419 g/mol. The fraction of sp³-hybridized carbons (Fsp3) is 0.273. The zero-order chi connectivity index (χ0) is 22.3. The summed E-state index contributed by atoms with van der Waals surface area (Å²) in [5, 5.41) is 26.9. The van der Waals surface area contributed by atoms with E-state index < -0.39 is 29.3 Å². The van der Waals surface area contributed by atoms with Crippen molar-refractivity contribution in [3.8, 4) is 0 Å². The number of aliphatic hydroxyl groups is 1. The zero-order valence-corrected chi connectivity index (χ0v) is 16.3. The number of hydrogen-bond donors (Lipinski definition) is 3. The number of benzene rings is 2. The molecule has 3 N–H and O–H groups in total. The van der Waals surface area contributed by atoms with Gasteiger partial charge in [0.2, 0.25) is 0 Å². The van der Waals surface area contributed by atoms with Gasteiger partial charge in [0.05, 0.1) is 5.60 Å². The van der Waals surface area contributed by atoms with Crippen LogP contribution in [0.15, 0.2) is 60.7 Å². The fourth-order valence-corrected chi connectivity index (χ4v) is 3.45. The molecule has 8 heteroatoms. The first-order chi connectivity index (χ1) is 14.1. The number of carboxylic acid groups (broad SMARTS) is 2. The van der Waals surface area contributed by atoms with Crippen LogP contribution in [0.1, 0.15) is 23.5 Å². The lowest BCUT2D eigenvalue weighted by Gasteiger charge is -2.44. The predicted molar refractivity (Wildman–Crippen MR) is 106 cm³/mol. The number of halogens is 2. The summed E-state index contributed by atoms with van der Waals surface area (Å²) in [5.41, 5.74) is -0.286. The average molecular weight is 419 g/mol. The summed E-state index contributed by atoms with van der Waals surface area (Å²) in [5.74, 6) is -3.68. The number of likely N-dealkylation sites (N-methyl/N-ethyl adjacent to an activating group) is 1. The summed E-state index contributed by atoms with van der Waals surface area (Å²) in [6.45, 7) is 1.20. The van der Waals surface area contributed by atoms with Gasteiger partial charge in [-0.3, -0.25) is 0 Å². The quantitative estimate of drug-likeness (QED) is 0.659. The summed E-state index contributed by atoms with van der Waals surface area (Å²) in [6.07, 6.45) is 1.55. The van der Waals surface area contributed by atoms with E-state index in [0.717, 1.165) is 0 Å². The van der Waals surface area contributed by atoms with Crippen molar-refractivity contribution >= 4 is 11.9 Å². The third kappa shape index (κ3) is 5.95. The van der Waals surface area contributed by atoms with Crippen molar-refractivity contribution in [2.75, 3.05) is 20.1 Å². The highest BCUT2D eigenvalue weighted by Crippen LogP contribution is 2.43. The Labute approximate surface area is 172 Å². The van der Waals surface area contributed by atoms with E-state index in [2.05, 4.69) is 4.90 Å². The summed E-state index contributed by atoms with van der Waals surface area (Å²) in [4.78, 5) is 21.2. The third-order valence-electron chi connectivity index (χ3n) is 4.92. The van der Waals surface area contributed by atoms with Gasteiger partial charge in [0, 0.05) is 31.2 Å². The number of aliphatic carboxylic acids is 2. The SMILES string of the molecule is CN1CCC(O)(c2cccc(F)c2)C(c2ccccc2F)C1.O=C(O)C=CC(=O)O. The molecule has 30 heavy (non-hydrogen) atoms. The van der Waals surface area contributed by atoms with Gasteiger partial charge in [0.15, 0.2) is 0 Å². The molecule has 0 bridgehead atoms. The number of rotatable bonds is 4. The molecule has 1 saturated heterocycles. The van der Waals surface area contributed by atoms with Crippen LogP contribution >= 0.6 is 0 Å². The second-order valence-corrected chi connectivity index (χ2v) is 7.03. The van der Waals surface area contributed by atoms with Crippen LogP contribution in [-0.2, 0) is 15.2 Å². The molecule has 3 rings (SSSR count). The first-order valence-corrected chi connectivity index (χ1v) is 9.19. The molecule has 1 heterocycles. The normalized spacial score (nSPS) is 21.7. The van der Waals surface area contributed by atoms with Crippen LogP contribution in [0.25, 0.3) is 0 Å². The second-order valence-electron chi connectivity index (χ2n) is 7.03. The summed E-state index contributed by atoms with van der Waals surface area (Å²) < 4.78 is 27.8. The Kier molecular flexibility index (Phi) is 7.79. The van der Waals surface area contributed by atoms with E-state index in [1.807, 2.05) is 7.05 Å². The Morgan fingerprint density at radius 2 is 1.70 bits per heavy atom. The molecule has 2 aromatic carbocycles. The van der Waals surface area contributed by atoms with Crippen molar-refractivity contribution in [1.29, 1.82) is 0 Å². The number of nitrogens with zero attached hydrogens (tertiary/aromatic N) is 1. The highest BCUT2D eigenvalue weighted by Gasteiger charge is 2.44. The molecule has 6 nitrogen and oxygen atoms in total. The van der Waals surface area contributed by atoms with Crippen LogP contribution in [0, 0.1) is 11.6 Å². The summed E-state index contributed by atoms with van der Waals surface area (Å²) >= 11 is 0. The van der Waals surface area contributed by atoms with Gasteiger partial charge in [-0.1, -0.05) is 30.3 Å². The number of hydrogen-bond acceptors (Lipinski definition) is 4. The van der Waals surface area contributed by atoms with Gasteiger partial charge in [-0.15, -0.1) is 0 Å². The first kappa shape index (κ1) is 23.2. The van der Waals surface area contributed by atoms with Crippen LogP contribution in [-0.4, -0.2) is 52.3 Å². The van der Waals surface area contributed by atoms with Crippen LogP contribution in [0.4, 0.5) is 8.78 Å². The Morgan fingerprint density at radius 3 is 2.27 bits per heavy atom. The predicted octanol–water partition coefficient (Wildman–Crippen LogP) is 2.98. The van der Waals surface area contributed by atoms with Gasteiger partial charge in [0.25, 0.3) is 0 Å². The van der Waals surface area contributed by atoms with Crippen molar-refractivity contribution in [3.05, 3.63) is 83.4 Å². The molecule has 2 atom stereocenters. The standard InChI is InChI=1S/C18H19F2NO.C4H4O4/c1-21-10-9-18(22,13-5-4-6-14(19)11-13)16(12-21)15-7-2-3-8-17(15)20;5-3(6)1-2-4(7)8/h2-8,11,16,22H,9-10,12H2,1H3;1-2H,(H,5,6)(H,7,8). The Balaban J connectivity index is 0.000000343. The average Bonchev–Trinajstić information content (AvgIpc) is 2.69. The number of carbonyl (C=O) groups is 2. The molecule has 0 aliphatic carbocycles. The third-order valence-corrected chi connectivity index (χ3v) is 4.92. The Hall–Kier alpha value is -3.10. The van der Waals surface area contributed by atoms with Crippen LogP contribution < -0.4 is 0 Å². The summed E-state index contributed by atoms with van der Waals surface area (Å²) in [6, 6.07) is 12.5. The second kappa shape index (κ2) is 10.1. The van der Waals surface area contributed by atoms with Crippen LogP contribution in [0.3, 0.4) is 0 Å². The molecular formula is C22H23F2NO5. The van der Waals surface area contributed by atoms with E-state index in [9.17, 15) is 23.5 Å². The highest BCUT2D eigenvalue weighted by atomic mass is 19.1. The molecular weight excluding hydrogens is 396 g/mol. The van der Waals surface area contributed by atoms with E-state index in [0.29, 0.717) is 42.8 Å².